The van der Waals surface area contributed by atoms with E-state index in [0.717, 1.165) is 51.9 Å². The van der Waals surface area contributed by atoms with Crippen molar-refractivity contribution in [1.29, 1.82) is 0 Å². The lowest BCUT2D eigenvalue weighted by atomic mass is 9.57. The zero-order valence-corrected chi connectivity index (χ0v) is 15.9. The molecule has 2 aromatic rings. The van der Waals surface area contributed by atoms with E-state index in [-0.39, 0.29) is 10.8 Å². The highest BCUT2D eigenvalue weighted by Crippen LogP contribution is 2.55. The normalized spacial score (nSPS) is 38.4. The Morgan fingerprint density at radius 3 is 2.15 bits per heavy atom. The number of nitrogens with one attached hydrogen (secondary N) is 1. The number of carbonyl (C=O) groups excluding carboxylic acids is 1. The molecule has 1 aromatic carbocycles. The summed E-state index contributed by atoms with van der Waals surface area (Å²) in [6, 6.07) is 8.59. The summed E-state index contributed by atoms with van der Waals surface area (Å²) in [6.07, 6.45) is 6.75. The lowest BCUT2D eigenvalue weighted by molar-refractivity contribution is -0.205. The van der Waals surface area contributed by atoms with Crippen LogP contribution in [-0.2, 0) is 4.79 Å². The summed E-state index contributed by atoms with van der Waals surface area (Å²) in [4.78, 5) is 22.2. The van der Waals surface area contributed by atoms with Gasteiger partial charge in [0.15, 0.2) is 0 Å². The molecule has 5 heterocycles. The zero-order chi connectivity index (χ0) is 17.9. The van der Waals surface area contributed by atoms with Crippen molar-refractivity contribution in [2.75, 3.05) is 26.2 Å². The molecule has 4 fully saturated rings. The summed E-state index contributed by atoms with van der Waals surface area (Å²) in [5, 5.41) is 1.32. The number of hydrogen-bond donors (Lipinski definition) is 1. The number of rotatable bonds is 5. The molecule has 0 aliphatic carbocycles. The van der Waals surface area contributed by atoms with Gasteiger partial charge in [-0.2, -0.15) is 0 Å². The molecule has 1 N–H and O–H groups in total. The standard InChI is InChI=1S/C22H29N3O/c1-3-9-21-12-24-14-22(10-4-2,20(21)26)15-25(13-21)19(24)17-11-23-18-8-6-5-7-16(17)18/h5-8,11,19,23H,3-4,9-10,12-15H2,1-2H3. The number of carbonyl (C=O) groups is 1. The molecule has 26 heavy (non-hydrogen) atoms. The number of Topliss-reactive ketones (excluding diaryl/α,β-unsaturated/α-hetero) is 1. The molecule has 0 spiro atoms. The van der Waals surface area contributed by atoms with Crippen LogP contribution in [0.2, 0.25) is 0 Å². The van der Waals surface area contributed by atoms with E-state index in [1.807, 2.05) is 0 Å². The summed E-state index contributed by atoms with van der Waals surface area (Å²) in [5.41, 5.74) is 2.32. The van der Waals surface area contributed by atoms with E-state index < -0.39 is 0 Å². The molecule has 0 radical (unpaired) electrons. The second-order valence-electron chi connectivity index (χ2n) is 8.86. The first-order valence-corrected chi connectivity index (χ1v) is 10.2. The maximum absolute atomic E-state index is 13.5. The van der Waals surface area contributed by atoms with E-state index in [1.165, 1.54) is 16.5 Å². The van der Waals surface area contributed by atoms with Gasteiger partial charge >= 0.3 is 0 Å². The van der Waals surface area contributed by atoms with Crippen LogP contribution in [0, 0.1) is 10.8 Å². The Balaban J connectivity index is 1.58. The Labute approximate surface area is 155 Å². The van der Waals surface area contributed by atoms with Crippen molar-refractivity contribution in [3.8, 4) is 0 Å². The van der Waals surface area contributed by atoms with Gasteiger partial charge in [-0.15, -0.1) is 0 Å². The van der Waals surface area contributed by atoms with Gasteiger partial charge in [-0.05, 0) is 18.9 Å². The molecule has 0 saturated carbocycles. The maximum Gasteiger partial charge on any atom is 0.150 e. The average molecular weight is 351 g/mol. The number of para-hydroxylation sites is 1. The number of nitrogens with zero attached hydrogens (tertiary/aromatic N) is 2. The van der Waals surface area contributed by atoms with Crippen molar-refractivity contribution in [1.82, 2.24) is 14.8 Å². The molecule has 4 bridgehead atoms. The highest BCUT2D eigenvalue weighted by atomic mass is 16.1. The monoisotopic (exact) mass is 351 g/mol. The van der Waals surface area contributed by atoms with Gasteiger partial charge in [0.2, 0.25) is 0 Å². The van der Waals surface area contributed by atoms with Crippen molar-refractivity contribution in [3.63, 3.8) is 0 Å². The summed E-state index contributed by atoms with van der Waals surface area (Å²) in [5.74, 6) is 0.582. The van der Waals surface area contributed by atoms with E-state index in [9.17, 15) is 4.79 Å². The first kappa shape index (κ1) is 16.5. The minimum absolute atomic E-state index is 0.136. The van der Waals surface area contributed by atoms with Gasteiger partial charge in [0.05, 0.1) is 17.0 Å². The van der Waals surface area contributed by atoms with E-state index in [0.29, 0.717) is 11.9 Å². The van der Waals surface area contributed by atoms with Crippen LogP contribution < -0.4 is 0 Å². The van der Waals surface area contributed by atoms with Gasteiger partial charge in [-0.3, -0.25) is 14.6 Å². The third-order valence-electron chi connectivity index (χ3n) is 7.03. The molecule has 0 unspecified atom stereocenters. The van der Waals surface area contributed by atoms with Gasteiger partial charge in [-0.25, -0.2) is 0 Å². The number of H-pyrrole nitrogens is 1. The van der Waals surface area contributed by atoms with E-state index in [2.05, 4.69) is 59.1 Å². The number of hydrogen-bond acceptors (Lipinski definition) is 3. The lowest BCUT2D eigenvalue weighted by Gasteiger charge is -2.66. The minimum Gasteiger partial charge on any atom is -0.361 e. The molecule has 4 saturated heterocycles. The predicted molar refractivity (Wildman–Crippen MR) is 104 cm³/mol. The topological polar surface area (TPSA) is 39.3 Å². The van der Waals surface area contributed by atoms with Crippen molar-refractivity contribution >= 4 is 16.7 Å². The second-order valence-corrected chi connectivity index (χ2v) is 8.86. The quantitative estimate of drug-likeness (QED) is 0.886. The fourth-order valence-electron chi connectivity index (χ4n) is 6.39. The predicted octanol–water partition coefficient (Wildman–Crippen LogP) is 3.95. The molecule has 4 aliphatic rings. The molecule has 138 valence electrons. The van der Waals surface area contributed by atoms with E-state index in [1.54, 1.807) is 0 Å². The second kappa shape index (κ2) is 5.67. The molecule has 4 nitrogen and oxygen atoms in total. The number of ketones is 1. The molecule has 4 aliphatic heterocycles. The van der Waals surface area contributed by atoms with Crippen molar-refractivity contribution in [2.24, 2.45) is 10.8 Å². The van der Waals surface area contributed by atoms with Crippen LogP contribution >= 0.6 is 0 Å². The number of piperidine rings is 2. The Morgan fingerprint density at radius 1 is 1.00 bits per heavy atom. The number of aromatic amines is 1. The third-order valence-corrected chi connectivity index (χ3v) is 7.03. The Bertz CT molecular complexity index is 810. The molecule has 1 aromatic heterocycles. The third kappa shape index (κ3) is 2.06. The minimum atomic E-state index is -0.136. The highest BCUT2D eigenvalue weighted by Gasteiger charge is 2.64. The summed E-state index contributed by atoms with van der Waals surface area (Å²) < 4.78 is 0. The lowest BCUT2D eigenvalue weighted by Crippen LogP contribution is -2.76. The van der Waals surface area contributed by atoms with Crippen molar-refractivity contribution in [3.05, 3.63) is 36.0 Å². The maximum atomic E-state index is 13.5. The van der Waals surface area contributed by atoms with Crippen LogP contribution in [0.4, 0.5) is 0 Å². The summed E-state index contributed by atoms with van der Waals surface area (Å²) in [7, 11) is 0. The highest BCUT2D eigenvalue weighted by molar-refractivity contribution is 5.93. The van der Waals surface area contributed by atoms with Crippen LogP contribution in [0.15, 0.2) is 30.5 Å². The molecular formula is C22H29N3O. The van der Waals surface area contributed by atoms with Gasteiger partial charge in [0, 0.05) is 48.8 Å². The number of benzene rings is 1. The summed E-state index contributed by atoms with van der Waals surface area (Å²) in [6.45, 7) is 8.19. The van der Waals surface area contributed by atoms with E-state index >= 15 is 0 Å². The molecule has 6 rings (SSSR count). The first-order chi connectivity index (χ1) is 12.6. The largest absolute Gasteiger partial charge is 0.361 e. The van der Waals surface area contributed by atoms with Gasteiger partial charge in [0.25, 0.3) is 0 Å². The van der Waals surface area contributed by atoms with Crippen molar-refractivity contribution in [2.45, 2.75) is 45.7 Å². The molecule has 0 atom stereocenters. The molecule has 4 heteroatoms. The number of fused-ring (bicyclic) bond motifs is 1. The van der Waals surface area contributed by atoms with Crippen LogP contribution in [0.3, 0.4) is 0 Å². The first-order valence-electron chi connectivity index (χ1n) is 10.2. The zero-order valence-electron chi connectivity index (χ0n) is 15.9. The fourth-order valence-corrected chi connectivity index (χ4v) is 6.39. The SMILES string of the molecule is CCCC12CN3CC(CCC)(CN(C1)C3c1c[nH]c3ccccc13)C2=O. The number of aromatic nitrogens is 1. The Morgan fingerprint density at radius 2 is 1.58 bits per heavy atom. The van der Waals surface area contributed by atoms with Gasteiger partial charge in [-0.1, -0.05) is 44.9 Å². The van der Waals surface area contributed by atoms with Crippen LogP contribution in [0.1, 0.15) is 51.3 Å². The smallest absolute Gasteiger partial charge is 0.150 e. The fraction of sp³-hybridized carbons (Fsp3) is 0.591. The molecule has 0 amide bonds. The van der Waals surface area contributed by atoms with Crippen LogP contribution in [0.5, 0.6) is 0 Å². The average Bonchev–Trinajstić information content (AvgIpc) is 3.03. The summed E-state index contributed by atoms with van der Waals surface area (Å²) >= 11 is 0. The molecular weight excluding hydrogens is 322 g/mol. The van der Waals surface area contributed by atoms with E-state index in [4.69, 9.17) is 0 Å². The Hall–Kier alpha value is -1.65. The van der Waals surface area contributed by atoms with Crippen molar-refractivity contribution < 1.29 is 4.79 Å². The van der Waals surface area contributed by atoms with Crippen LogP contribution in [-0.4, -0.2) is 46.7 Å². The Kier molecular flexibility index (Phi) is 3.60. The van der Waals surface area contributed by atoms with Gasteiger partial charge in [0.1, 0.15) is 5.78 Å². The van der Waals surface area contributed by atoms with Crippen LogP contribution in [0.25, 0.3) is 10.9 Å². The van der Waals surface area contributed by atoms with Gasteiger partial charge < -0.3 is 4.98 Å².